The van der Waals surface area contributed by atoms with Crippen LogP contribution in [0.1, 0.15) is 0 Å². The van der Waals surface area contributed by atoms with Crippen molar-refractivity contribution in [2.75, 3.05) is 27.2 Å². The van der Waals surface area contributed by atoms with Crippen LogP contribution in [0.5, 0.6) is 5.75 Å². The molecule has 1 aromatic carbocycles. The van der Waals surface area contributed by atoms with Crippen LogP contribution < -0.4 is 9.64 Å². The number of quaternary nitrogens is 1. The van der Waals surface area contributed by atoms with E-state index in [0.29, 0.717) is 13.2 Å². The first kappa shape index (κ1) is 12.5. The molecule has 0 aromatic heterocycles. The fourth-order valence-corrected chi connectivity index (χ4v) is 1.68. The van der Waals surface area contributed by atoms with Crippen molar-refractivity contribution in [3.05, 3.63) is 28.7 Å². The van der Waals surface area contributed by atoms with E-state index >= 15 is 0 Å². The van der Waals surface area contributed by atoms with Crippen molar-refractivity contribution in [2.24, 2.45) is 0 Å². The van der Waals surface area contributed by atoms with Crippen LogP contribution in [0.15, 0.2) is 28.7 Å². The van der Waals surface area contributed by atoms with Gasteiger partial charge in [-0.3, -0.25) is 0 Å². The first-order valence-electron chi connectivity index (χ1n) is 4.94. The molecule has 0 aliphatic rings. The van der Waals surface area contributed by atoms with Crippen LogP contribution >= 0.6 is 15.9 Å². The van der Waals surface area contributed by atoms with Crippen LogP contribution in [0.4, 0.5) is 0 Å². The highest BCUT2D eigenvalue weighted by Gasteiger charge is 2.09. The molecule has 0 unspecified atom stereocenters. The van der Waals surface area contributed by atoms with E-state index in [-0.39, 0.29) is 0 Å². The third-order valence-corrected chi connectivity index (χ3v) is 2.57. The van der Waals surface area contributed by atoms with Crippen LogP contribution in [-0.2, 0) is 0 Å². The van der Waals surface area contributed by atoms with Crippen molar-refractivity contribution in [2.45, 2.75) is 6.10 Å². The van der Waals surface area contributed by atoms with E-state index in [2.05, 4.69) is 15.9 Å². The lowest BCUT2D eigenvalue weighted by Gasteiger charge is -2.15. The monoisotopic (exact) mass is 274 g/mol. The number of benzene rings is 1. The average Bonchev–Trinajstić information content (AvgIpc) is 2.15. The van der Waals surface area contributed by atoms with Crippen molar-refractivity contribution in [1.82, 2.24) is 0 Å². The Hall–Kier alpha value is -0.580. The zero-order valence-electron chi connectivity index (χ0n) is 9.03. The number of nitrogens with one attached hydrogen (secondary N) is 1. The SMILES string of the molecule is C[NH+](C)C[C@@H](O)COc1ccccc1Br. The molecule has 15 heavy (non-hydrogen) atoms. The number of hydrogen-bond acceptors (Lipinski definition) is 2. The minimum Gasteiger partial charge on any atom is -0.489 e. The molecule has 1 aromatic rings. The number of rotatable bonds is 5. The Morgan fingerprint density at radius 1 is 1.40 bits per heavy atom. The molecule has 2 N–H and O–H groups in total. The predicted molar refractivity (Wildman–Crippen MR) is 63.3 cm³/mol. The lowest BCUT2D eigenvalue weighted by molar-refractivity contribution is -0.861. The lowest BCUT2D eigenvalue weighted by Crippen LogP contribution is -3.07. The third kappa shape index (κ3) is 4.64. The summed E-state index contributed by atoms with van der Waals surface area (Å²) in [6, 6.07) is 7.62. The number of aliphatic hydroxyl groups is 1. The van der Waals surface area contributed by atoms with Crippen molar-refractivity contribution in [3.8, 4) is 5.75 Å². The molecule has 0 fully saturated rings. The highest BCUT2D eigenvalue weighted by atomic mass is 79.9. The van der Waals surface area contributed by atoms with E-state index in [1.807, 2.05) is 38.4 Å². The summed E-state index contributed by atoms with van der Waals surface area (Å²) in [7, 11) is 4.00. The zero-order valence-corrected chi connectivity index (χ0v) is 10.6. The normalized spacial score (nSPS) is 12.9. The molecule has 3 nitrogen and oxygen atoms in total. The summed E-state index contributed by atoms with van der Waals surface area (Å²) in [6.45, 7) is 1.01. The van der Waals surface area contributed by atoms with Gasteiger partial charge in [-0.1, -0.05) is 12.1 Å². The summed E-state index contributed by atoms with van der Waals surface area (Å²) in [5.74, 6) is 0.769. The van der Waals surface area contributed by atoms with E-state index in [4.69, 9.17) is 4.74 Å². The first-order chi connectivity index (χ1) is 7.09. The van der Waals surface area contributed by atoms with Crippen LogP contribution in [0.2, 0.25) is 0 Å². The molecule has 0 radical (unpaired) electrons. The van der Waals surface area contributed by atoms with Crippen LogP contribution in [-0.4, -0.2) is 38.5 Å². The van der Waals surface area contributed by atoms with E-state index in [1.165, 1.54) is 4.90 Å². The molecule has 0 bridgehead atoms. The van der Waals surface area contributed by atoms with E-state index < -0.39 is 6.10 Å². The fraction of sp³-hybridized carbons (Fsp3) is 0.455. The molecular weight excluding hydrogens is 258 g/mol. The Labute approximate surface area is 98.8 Å². The molecule has 0 heterocycles. The number of ether oxygens (including phenoxy) is 1. The second-order valence-electron chi connectivity index (χ2n) is 3.81. The maximum Gasteiger partial charge on any atom is 0.137 e. The summed E-state index contributed by atoms with van der Waals surface area (Å²) < 4.78 is 6.40. The maximum absolute atomic E-state index is 9.61. The quantitative estimate of drug-likeness (QED) is 0.812. The molecule has 4 heteroatoms. The Morgan fingerprint density at radius 3 is 2.67 bits per heavy atom. The van der Waals surface area contributed by atoms with Crippen LogP contribution in [0, 0.1) is 0 Å². The van der Waals surface area contributed by atoms with E-state index in [0.717, 1.165) is 10.2 Å². The minimum atomic E-state index is -0.429. The second kappa shape index (κ2) is 6.10. The summed E-state index contributed by atoms with van der Waals surface area (Å²) in [5.41, 5.74) is 0. The lowest BCUT2D eigenvalue weighted by atomic mass is 10.3. The van der Waals surface area contributed by atoms with Gasteiger partial charge in [-0.05, 0) is 28.1 Å². The molecule has 84 valence electrons. The summed E-state index contributed by atoms with van der Waals surface area (Å²) in [4.78, 5) is 1.21. The van der Waals surface area contributed by atoms with Gasteiger partial charge in [0.05, 0.1) is 18.6 Å². The van der Waals surface area contributed by atoms with Crippen LogP contribution in [0.25, 0.3) is 0 Å². The number of likely N-dealkylation sites (N-methyl/N-ethyl adjacent to an activating group) is 1. The molecule has 1 atom stereocenters. The molecule has 0 amide bonds. The van der Waals surface area contributed by atoms with Gasteiger partial charge in [0, 0.05) is 0 Å². The number of aliphatic hydroxyl groups excluding tert-OH is 1. The molecular formula is C11H17BrNO2+. The molecule has 1 rings (SSSR count). The Morgan fingerprint density at radius 2 is 2.07 bits per heavy atom. The standard InChI is InChI=1S/C11H16BrNO2/c1-13(2)7-9(14)8-15-11-6-4-3-5-10(11)12/h3-6,9,14H,7-8H2,1-2H3/p+1/t9-/m1/s1. The molecule has 0 aliphatic carbocycles. The Balaban J connectivity index is 2.40. The largest absolute Gasteiger partial charge is 0.489 e. The fourth-order valence-electron chi connectivity index (χ4n) is 1.28. The van der Waals surface area contributed by atoms with Gasteiger partial charge in [0.2, 0.25) is 0 Å². The molecule has 0 saturated heterocycles. The topological polar surface area (TPSA) is 33.9 Å². The smallest absolute Gasteiger partial charge is 0.137 e. The van der Waals surface area contributed by atoms with Crippen molar-refractivity contribution >= 4 is 15.9 Å². The van der Waals surface area contributed by atoms with Gasteiger partial charge in [-0.15, -0.1) is 0 Å². The number of para-hydroxylation sites is 1. The summed E-state index contributed by atoms with van der Waals surface area (Å²) in [5, 5.41) is 9.61. The van der Waals surface area contributed by atoms with Gasteiger partial charge in [-0.2, -0.15) is 0 Å². The van der Waals surface area contributed by atoms with Gasteiger partial charge in [-0.25, -0.2) is 0 Å². The van der Waals surface area contributed by atoms with Crippen molar-refractivity contribution < 1.29 is 14.7 Å². The number of hydrogen-bond donors (Lipinski definition) is 2. The van der Waals surface area contributed by atoms with Gasteiger partial charge in [0.25, 0.3) is 0 Å². The highest BCUT2D eigenvalue weighted by Crippen LogP contribution is 2.23. The maximum atomic E-state index is 9.61. The molecule has 0 aliphatic heterocycles. The minimum absolute atomic E-state index is 0.327. The van der Waals surface area contributed by atoms with Crippen molar-refractivity contribution in [1.29, 1.82) is 0 Å². The zero-order chi connectivity index (χ0) is 11.3. The molecule has 0 spiro atoms. The van der Waals surface area contributed by atoms with Gasteiger partial charge in [0.1, 0.15) is 25.0 Å². The Bertz CT molecular complexity index is 304. The second-order valence-corrected chi connectivity index (χ2v) is 4.66. The van der Waals surface area contributed by atoms with Crippen LogP contribution in [0.3, 0.4) is 0 Å². The van der Waals surface area contributed by atoms with Crippen molar-refractivity contribution in [3.63, 3.8) is 0 Å². The summed E-state index contributed by atoms with van der Waals surface area (Å²) >= 11 is 3.39. The first-order valence-corrected chi connectivity index (χ1v) is 5.73. The number of halogens is 1. The summed E-state index contributed by atoms with van der Waals surface area (Å²) in [6.07, 6.45) is -0.429. The Kier molecular flexibility index (Phi) is 5.08. The van der Waals surface area contributed by atoms with Gasteiger partial charge in [0.15, 0.2) is 0 Å². The van der Waals surface area contributed by atoms with Gasteiger partial charge < -0.3 is 14.7 Å². The highest BCUT2D eigenvalue weighted by molar-refractivity contribution is 9.10. The average molecular weight is 275 g/mol. The third-order valence-electron chi connectivity index (χ3n) is 1.91. The van der Waals surface area contributed by atoms with Gasteiger partial charge >= 0.3 is 0 Å². The molecule has 0 saturated carbocycles. The predicted octanol–water partition coefficient (Wildman–Crippen LogP) is 0.333. The van der Waals surface area contributed by atoms with E-state index in [9.17, 15) is 5.11 Å². The van der Waals surface area contributed by atoms with E-state index in [1.54, 1.807) is 0 Å².